The molecule has 1 aliphatic carbocycles. The predicted octanol–water partition coefficient (Wildman–Crippen LogP) is 2.23. The number of rotatable bonds is 5. The van der Waals surface area contributed by atoms with Crippen LogP contribution in [0.4, 0.5) is 5.69 Å². The summed E-state index contributed by atoms with van der Waals surface area (Å²) >= 11 is 0. The summed E-state index contributed by atoms with van der Waals surface area (Å²) in [5.74, 6) is -1.91. The van der Waals surface area contributed by atoms with E-state index in [0.717, 1.165) is 18.4 Å². The molecule has 1 aliphatic rings. The topological polar surface area (TPSA) is 100 Å². The van der Waals surface area contributed by atoms with E-state index in [1.807, 2.05) is 12.1 Å². The van der Waals surface area contributed by atoms with Crippen LogP contribution < -0.4 is 16.0 Å². The second kappa shape index (κ2) is 9.21. The van der Waals surface area contributed by atoms with E-state index in [0.29, 0.717) is 5.56 Å². The average molecular weight is 414 g/mol. The molecule has 0 atom stereocenters. The molecule has 0 saturated carbocycles. The van der Waals surface area contributed by atoms with Gasteiger partial charge in [-0.2, -0.15) is 0 Å². The molecule has 7 heteroatoms. The number of amides is 3. The molecule has 0 spiro atoms. The van der Waals surface area contributed by atoms with E-state index >= 15 is 0 Å². The fourth-order valence-electron chi connectivity index (χ4n) is 3.66. The van der Waals surface area contributed by atoms with Crippen molar-refractivity contribution in [3.05, 3.63) is 95.3 Å². The maximum absolute atomic E-state index is 12.9. The molecular weight excluding hydrogens is 392 g/mol. The van der Waals surface area contributed by atoms with E-state index in [-0.39, 0.29) is 24.2 Å². The van der Waals surface area contributed by atoms with E-state index < -0.39 is 11.8 Å². The molecule has 7 nitrogen and oxygen atoms in total. The largest absolute Gasteiger partial charge is 0.349 e. The van der Waals surface area contributed by atoms with Crippen LogP contribution in [0.25, 0.3) is 0 Å². The number of para-hydroxylation sites is 1. The Morgan fingerprint density at radius 2 is 1.58 bits per heavy atom. The normalized spacial score (nSPS) is 12.6. The number of benzene rings is 2. The smallest absolute Gasteiger partial charge is 0.313 e. The summed E-state index contributed by atoms with van der Waals surface area (Å²) in [6.07, 6.45) is 4.78. The minimum Gasteiger partial charge on any atom is -0.349 e. The van der Waals surface area contributed by atoms with E-state index in [2.05, 4.69) is 33.1 Å². The number of anilines is 1. The van der Waals surface area contributed by atoms with Gasteiger partial charge in [0.1, 0.15) is 0 Å². The van der Waals surface area contributed by atoms with E-state index in [1.54, 1.807) is 48.8 Å². The van der Waals surface area contributed by atoms with Crippen molar-refractivity contribution in [2.75, 3.05) is 5.32 Å². The quantitative estimate of drug-likeness (QED) is 0.558. The summed E-state index contributed by atoms with van der Waals surface area (Å²) < 4.78 is 0. The molecule has 3 N–H and O–H groups in total. The molecule has 3 aromatic rings. The van der Waals surface area contributed by atoms with Crippen LogP contribution in [0.15, 0.2) is 73.1 Å². The number of nitrogens with one attached hydrogen (secondary N) is 3. The van der Waals surface area contributed by atoms with Gasteiger partial charge in [0, 0.05) is 25.0 Å². The van der Waals surface area contributed by atoms with Crippen molar-refractivity contribution in [3.63, 3.8) is 0 Å². The monoisotopic (exact) mass is 414 g/mol. The second-order valence-electron chi connectivity index (χ2n) is 7.39. The Kier molecular flexibility index (Phi) is 6.03. The van der Waals surface area contributed by atoms with Crippen molar-refractivity contribution in [3.8, 4) is 0 Å². The van der Waals surface area contributed by atoms with Gasteiger partial charge in [-0.1, -0.05) is 42.5 Å². The molecule has 156 valence electrons. The molecule has 0 unspecified atom stereocenters. The van der Waals surface area contributed by atoms with Crippen molar-refractivity contribution in [2.45, 2.75) is 25.4 Å². The van der Waals surface area contributed by atoms with Crippen molar-refractivity contribution >= 4 is 23.4 Å². The van der Waals surface area contributed by atoms with Crippen LogP contribution in [0, 0.1) is 0 Å². The number of hydrogen-bond donors (Lipinski definition) is 3. The number of carbonyl (C=O) groups is 3. The number of nitrogens with zero attached hydrogens (tertiary/aromatic N) is 1. The molecule has 31 heavy (non-hydrogen) atoms. The maximum atomic E-state index is 12.9. The zero-order valence-corrected chi connectivity index (χ0v) is 16.8. The van der Waals surface area contributed by atoms with Gasteiger partial charge in [0.15, 0.2) is 0 Å². The second-order valence-corrected chi connectivity index (χ2v) is 7.39. The van der Waals surface area contributed by atoms with Crippen LogP contribution in [0.5, 0.6) is 0 Å². The Morgan fingerprint density at radius 3 is 2.29 bits per heavy atom. The van der Waals surface area contributed by atoms with Gasteiger partial charge in [-0.05, 0) is 47.7 Å². The number of carbonyl (C=O) groups excluding carboxylic acids is 3. The third-order valence-electron chi connectivity index (χ3n) is 5.19. The first kappa shape index (κ1) is 20.3. The van der Waals surface area contributed by atoms with Crippen molar-refractivity contribution in [1.29, 1.82) is 0 Å². The van der Waals surface area contributed by atoms with Crippen LogP contribution >= 0.6 is 0 Å². The molecule has 0 saturated heterocycles. The lowest BCUT2D eigenvalue weighted by molar-refractivity contribution is -0.136. The summed E-state index contributed by atoms with van der Waals surface area (Å²) in [5, 5.41) is 8.12. The van der Waals surface area contributed by atoms with Crippen LogP contribution in [-0.4, -0.2) is 28.7 Å². The third kappa shape index (κ3) is 4.95. The first-order valence-corrected chi connectivity index (χ1v) is 10.0. The highest BCUT2D eigenvalue weighted by molar-refractivity contribution is 6.40. The van der Waals surface area contributed by atoms with Gasteiger partial charge in [0.05, 0.1) is 11.3 Å². The van der Waals surface area contributed by atoms with Crippen LogP contribution in [0.2, 0.25) is 0 Å². The Morgan fingerprint density at radius 1 is 0.871 bits per heavy atom. The first-order chi connectivity index (χ1) is 15.1. The van der Waals surface area contributed by atoms with Gasteiger partial charge >= 0.3 is 11.8 Å². The molecule has 1 aromatic heterocycles. The molecule has 2 aromatic carbocycles. The summed E-state index contributed by atoms with van der Waals surface area (Å²) in [6, 6.07) is 18.3. The van der Waals surface area contributed by atoms with Crippen LogP contribution in [0.1, 0.15) is 27.0 Å². The molecule has 1 heterocycles. The summed E-state index contributed by atoms with van der Waals surface area (Å²) in [5.41, 5.74) is 3.85. The van der Waals surface area contributed by atoms with Crippen molar-refractivity contribution < 1.29 is 14.4 Å². The third-order valence-corrected chi connectivity index (χ3v) is 5.19. The highest BCUT2D eigenvalue weighted by atomic mass is 16.2. The first-order valence-electron chi connectivity index (χ1n) is 10.0. The van der Waals surface area contributed by atoms with Gasteiger partial charge < -0.3 is 16.0 Å². The molecule has 4 rings (SSSR count). The molecule has 0 aliphatic heterocycles. The van der Waals surface area contributed by atoms with E-state index in [9.17, 15) is 14.4 Å². The van der Waals surface area contributed by atoms with E-state index in [1.165, 1.54) is 11.1 Å². The highest BCUT2D eigenvalue weighted by Crippen LogP contribution is 2.23. The van der Waals surface area contributed by atoms with Crippen molar-refractivity contribution in [2.24, 2.45) is 0 Å². The zero-order chi connectivity index (χ0) is 21.6. The number of hydrogen-bond acceptors (Lipinski definition) is 4. The number of aromatic nitrogens is 1. The Bertz CT molecular complexity index is 1090. The molecule has 0 fully saturated rings. The Labute approximate surface area is 179 Å². The van der Waals surface area contributed by atoms with Crippen molar-refractivity contribution in [1.82, 2.24) is 15.6 Å². The standard InChI is InChI=1S/C24H22N4O3/c29-22(27-19-12-17-7-1-2-8-18(17)13-19)20-9-3-4-10-21(20)28-24(31)23(30)26-15-16-6-5-11-25-14-16/h1-11,14,19H,12-13,15H2,(H,26,30)(H,27,29)(H,28,31). The summed E-state index contributed by atoms with van der Waals surface area (Å²) in [4.78, 5) is 41.3. The fourth-order valence-corrected chi connectivity index (χ4v) is 3.66. The number of fused-ring (bicyclic) bond motifs is 1. The molecule has 0 radical (unpaired) electrons. The SMILES string of the molecule is O=C(NCc1cccnc1)C(=O)Nc1ccccc1C(=O)NC1Cc2ccccc2C1. The van der Waals surface area contributed by atoms with Gasteiger partial charge in [-0.25, -0.2) is 0 Å². The average Bonchev–Trinajstić information content (AvgIpc) is 3.20. The minimum absolute atomic E-state index is 0.00330. The Hall–Kier alpha value is -4.00. The molecular formula is C24H22N4O3. The Balaban J connectivity index is 1.37. The van der Waals surface area contributed by atoms with Gasteiger partial charge in [-0.3, -0.25) is 19.4 Å². The number of pyridine rings is 1. The van der Waals surface area contributed by atoms with Crippen LogP contribution in [0.3, 0.4) is 0 Å². The van der Waals surface area contributed by atoms with Gasteiger partial charge in [0.25, 0.3) is 5.91 Å². The summed E-state index contributed by atoms with van der Waals surface area (Å²) in [6.45, 7) is 0.185. The lowest BCUT2D eigenvalue weighted by atomic mass is 10.1. The minimum atomic E-state index is -0.836. The van der Waals surface area contributed by atoms with E-state index in [4.69, 9.17) is 0 Å². The van der Waals surface area contributed by atoms with Gasteiger partial charge in [-0.15, -0.1) is 0 Å². The maximum Gasteiger partial charge on any atom is 0.313 e. The lowest BCUT2D eigenvalue weighted by Gasteiger charge is -2.15. The predicted molar refractivity (Wildman–Crippen MR) is 116 cm³/mol. The highest BCUT2D eigenvalue weighted by Gasteiger charge is 2.24. The summed E-state index contributed by atoms with van der Waals surface area (Å²) in [7, 11) is 0. The van der Waals surface area contributed by atoms with Crippen LogP contribution in [-0.2, 0) is 29.0 Å². The fraction of sp³-hybridized carbons (Fsp3) is 0.167. The zero-order valence-electron chi connectivity index (χ0n) is 16.8. The lowest BCUT2D eigenvalue weighted by Crippen LogP contribution is -2.37. The van der Waals surface area contributed by atoms with Gasteiger partial charge in [0.2, 0.25) is 0 Å². The molecule has 0 bridgehead atoms. The molecule has 3 amide bonds.